The molecule has 0 atom stereocenters. The van der Waals surface area contributed by atoms with Crippen molar-refractivity contribution in [1.82, 2.24) is 0 Å². The fourth-order valence-corrected chi connectivity index (χ4v) is 3.70. The number of anilines is 2. The number of hydrogen-bond acceptors (Lipinski definition) is 3. The second kappa shape index (κ2) is 7.16. The summed E-state index contributed by atoms with van der Waals surface area (Å²) in [7, 11) is 0. The number of fused-ring (bicyclic) bond motifs is 1. The van der Waals surface area contributed by atoms with E-state index >= 15 is 0 Å². The van der Waals surface area contributed by atoms with E-state index in [1.165, 1.54) is 0 Å². The molecule has 2 amide bonds. The Morgan fingerprint density at radius 1 is 1.12 bits per heavy atom. The zero-order valence-corrected chi connectivity index (χ0v) is 16.4. The normalized spacial score (nSPS) is 13.5. The maximum Gasteiger partial charge on any atom is 0.256 e. The van der Waals surface area contributed by atoms with Gasteiger partial charge in [0, 0.05) is 28.2 Å². The van der Waals surface area contributed by atoms with Crippen LogP contribution in [0.25, 0.3) is 0 Å². The summed E-state index contributed by atoms with van der Waals surface area (Å²) < 4.78 is 0. The standard InChI is InChI=1S/C21H24N2O2S/c1-21(2,3)20(25)23-12-11-14-9-10-15(13-17(14)23)22-19(24)16-7-5-6-8-18(16)26-4/h5-10,13H,11-12H2,1-4H3,(H,22,24). The number of hydrogen-bond donors (Lipinski definition) is 1. The molecular formula is C21H24N2O2S. The van der Waals surface area contributed by atoms with Crippen molar-refractivity contribution in [3.63, 3.8) is 0 Å². The third-order valence-corrected chi connectivity index (χ3v) is 5.27. The summed E-state index contributed by atoms with van der Waals surface area (Å²) in [6.07, 6.45) is 2.80. The molecule has 136 valence electrons. The predicted molar refractivity (Wildman–Crippen MR) is 108 cm³/mol. The summed E-state index contributed by atoms with van der Waals surface area (Å²) >= 11 is 1.55. The van der Waals surface area contributed by atoms with Crippen LogP contribution in [0.4, 0.5) is 11.4 Å². The molecule has 0 aromatic heterocycles. The predicted octanol–water partition coefficient (Wildman–Crippen LogP) is 4.60. The molecule has 0 radical (unpaired) electrons. The second-order valence-electron chi connectivity index (χ2n) is 7.45. The minimum Gasteiger partial charge on any atom is -0.322 e. The molecule has 0 spiro atoms. The second-order valence-corrected chi connectivity index (χ2v) is 8.30. The Hall–Kier alpha value is -2.27. The van der Waals surface area contributed by atoms with Crippen molar-refractivity contribution in [2.45, 2.75) is 32.1 Å². The largest absolute Gasteiger partial charge is 0.322 e. The summed E-state index contributed by atoms with van der Waals surface area (Å²) in [6, 6.07) is 13.4. The molecule has 0 aliphatic carbocycles. The van der Waals surface area contributed by atoms with Gasteiger partial charge in [0.1, 0.15) is 0 Å². The third-order valence-electron chi connectivity index (χ3n) is 4.48. The molecule has 26 heavy (non-hydrogen) atoms. The SMILES string of the molecule is CSc1ccccc1C(=O)Nc1ccc2c(c1)N(C(=O)C(C)(C)C)CC2. The van der Waals surface area contributed by atoms with Crippen LogP contribution in [0.2, 0.25) is 0 Å². The van der Waals surface area contributed by atoms with Crippen molar-refractivity contribution in [3.8, 4) is 0 Å². The first kappa shape index (κ1) is 18.5. The number of nitrogens with one attached hydrogen (secondary N) is 1. The molecule has 0 saturated heterocycles. The van der Waals surface area contributed by atoms with Gasteiger partial charge in [0.05, 0.1) is 5.56 Å². The smallest absolute Gasteiger partial charge is 0.256 e. The Bertz CT molecular complexity index is 855. The van der Waals surface area contributed by atoms with E-state index in [0.717, 1.165) is 22.6 Å². The van der Waals surface area contributed by atoms with Gasteiger partial charge in [-0.2, -0.15) is 0 Å². The summed E-state index contributed by atoms with van der Waals surface area (Å²) in [5.41, 5.74) is 2.98. The van der Waals surface area contributed by atoms with E-state index in [2.05, 4.69) is 5.32 Å². The molecule has 0 bridgehead atoms. The Morgan fingerprint density at radius 2 is 1.85 bits per heavy atom. The van der Waals surface area contributed by atoms with Gasteiger partial charge in [0.25, 0.3) is 5.91 Å². The highest BCUT2D eigenvalue weighted by atomic mass is 32.2. The van der Waals surface area contributed by atoms with Crippen molar-refractivity contribution in [2.24, 2.45) is 5.41 Å². The number of thioether (sulfide) groups is 1. The van der Waals surface area contributed by atoms with Gasteiger partial charge in [-0.15, -0.1) is 11.8 Å². The zero-order valence-electron chi connectivity index (χ0n) is 15.6. The molecule has 0 saturated carbocycles. The maximum atomic E-state index is 12.7. The molecule has 0 fully saturated rings. The highest BCUT2D eigenvalue weighted by molar-refractivity contribution is 7.98. The van der Waals surface area contributed by atoms with Gasteiger partial charge in [-0.1, -0.05) is 39.0 Å². The van der Waals surface area contributed by atoms with Crippen molar-refractivity contribution in [1.29, 1.82) is 0 Å². The van der Waals surface area contributed by atoms with Crippen LogP contribution < -0.4 is 10.2 Å². The highest BCUT2D eigenvalue weighted by Gasteiger charge is 2.32. The lowest BCUT2D eigenvalue weighted by Gasteiger charge is -2.26. The third kappa shape index (κ3) is 3.63. The van der Waals surface area contributed by atoms with Crippen LogP contribution in [0.15, 0.2) is 47.4 Å². The van der Waals surface area contributed by atoms with Gasteiger partial charge in [-0.25, -0.2) is 0 Å². The molecule has 1 heterocycles. The van der Waals surface area contributed by atoms with Crippen LogP contribution in [0, 0.1) is 5.41 Å². The van der Waals surface area contributed by atoms with Gasteiger partial charge in [0.15, 0.2) is 0 Å². The van der Waals surface area contributed by atoms with Gasteiger partial charge in [-0.05, 0) is 42.5 Å². The Balaban J connectivity index is 1.85. The first-order valence-electron chi connectivity index (χ1n) is 8.70. The Labute approximate surface area is 159 Å². The van der Waals surface area contributed by atoms with Crippen LogP contribution in [0.5, 0.6) is 0 Å². The van der Waals surface area contributed by atoms with Crippen molar-refractivity contribution >= 4 is 35.0 Å². The highest BCUT2D eigenvalue weighted by Crippen LogP contribution is 2.34. The van der Waals surface area contributed by atoms with Crippen molar-refractivity contribution in [2.75, 3.05) is 23.0 Å². The number of rotatable bonds is 3. The summed E-state index contributed by atoms with van der Waals surface area (Å²) in [4.78, 5) is 28.1. The monoisotopic (exact) mass is 368 g/mol. The summed E-state index contributed by atoms with van der Waals surface area (Å²) in [6.45, 7) is 6.48. The number of carbonyl (C=O) groups is 2. The number of nitrogens with zero attached hydrogens (tertiary/aromatic N) is 1. The average molecular weight is 369 g/mol. The topological polar surface area (TPSA) is 49.4 Å². The van der Waals surface area contributed by atoms with Crippen molar-refractivity contribution < 1.29 is 9.59 Å². The molecule has 1 aliphatic rings. The molecule has 3 rings (SSSR count). The minimum absolute atomic E-state index is 0.104. The summed E-state index contributed by atoms with van der Waals surface area (Å²) in [5, 5.41) is 2.97. The lowest BCUT2D eigenvalue weighted by atomic mass is 9.94. The van der Waals surface area contributed by atoms with E-state index in [4.69, 9.17) is 0 Å². The lowest BCUT2D eigenvalue weighted by Crippen LogP contribution is -2.38. The van der Waals surface area contributed by atoms with Crippen LogP contribution >= 0.6 is 11.8 Å². The van der Waals surface area contributed by atoms with E-state index in [-0.39, 0.29) is 11.8 Å². The van der Waals surface area contributed by atoms with Crippen LogP contribution in [-0.2, 0) is 11.2 Å². The fourth-order valence-electron chi connectivity index (χ4n) is 3.10. The molecule has 4 nitrogen and oxygen atoms in total. The molecule has 1 N–H and O–H groups in total. The molecule has 0 unspecified atom stereocenters. The van der Waals surface area contributed by atoms with Crippen LogP contribution in [0.1, 0.15) is 36.7 Å². The maximum absolute atomic E-state index is 12.7. The van der Waals surface area contributed by atoms with Gasteiger partial charge in [-0.3, -0.25) is 9.59 Å². The van der Waals surface area contributed by atoms with E-state index in [1.807, 2.05) is 74.4 Å². The molecule has 2 aromatic rings. The molecule has 1 aliphatic heterocycles. The van der Waals surface area contributed by atoms with E-state index in [0.29, 0.717) is 17.8 Å². The van der Waals surface area contributed by atoms with E-state index in [9.17, 15) is 9.59 Å². The van der Waals surface area contributed by atoms with Gasteiger partial charge < -0.3 is 10.2 Å². The first-order valence-corrected chi connectivity index (χ1v) is 9.93. The van der Waals surface area contributed by atoms with E-state index < -0.39 is 5.41 Å². The Kier molecular flexibility index (Phi) is 5.10. The van der Waals surface area contributed by atoms with Crippen molar-refractivity contribution in [3.05, 3.63) is 53.6 Å². The zero-order chi connectivity index (χ0) is 18.9. The quantitative estimate of drug-likeness (QED) is 0.806. The number of benzene rings is 2. The lowest BCUT2D eigenvalue weighted by molar-refractivity contribution is -0.125. The number of carbonyl (C=O) groups excluding carboxylic acids is 2. The van der Waals surface area contributed by atoms with Gasteiger partial charge >= 0.3 is 0 Å². The van der Waals surface area contributed by atoms with E-state index in [1.54, 1.807) is 11.8 Å². The van der Waals surface area contributed by atoms with Crippen LogP contribution in [0.3, 0.4) is 0 Å². The Morgan fingerprint density at radius 3 is 2.54 bits per heavy atom. The molecule has 5 heteroatoms. The number of amides is 2. The minimum atomic E-state index is -0.432. The first-order chi connectivity index (χ1) is 12.3. The van der Waals surface area contributed by atoms with Crippen LogP contribution in [-0.4, -0.2) is 24.6 Å². The molecule has 2 aromatic carbocycles. The molecular weight excluding hydrogens is 344 g/mol. The van der Waals surface area contributed by atoms with Gasteiger partial charge in [0.2, 0.25) is 5.91 Å². The fraction of sp³-hybridized carbons (Fsp3) is 0.333. The summed E-state index contributed by atoms with van der Waals surface area (Å²) in [5.74, 6) is -0.0333. The average Bonchev–Trinajstić information content (AvgIpc) is 3.03.